The lowest BCUT2D eigenvalue weighted by Gasteiger charge is -2.43. The first-order valence-corrected chi connectivity index (χ1v) is 12.0. The Bertz CT molecular complexity index is 1510. The normalized spacial score (nSPS) is 20.6. The predicted octanol–water partition coefficient (Wildman–Crippen LogP) is 3.03. The van der Waals surface area contributed by atoms with Crippen LogP contribution < -0.4 is 11.1 Å². The number of fused-ring (bicyclic) bond motifs is 3. The Morgan fingerprint density at radius 1 is 1.16 bits per heavy atom. The third-order valence-electron chi connectivity index (χ3n) is 7.11. The summed E-state index contributed by atoms with van der Waals surface area (Å²) in [4.78, 5) is 41.0. The molecule has 5 heterocycles. The molecule has 0 saturated carbocycles. The van der Waals surface area contributed by atoms with Crippen molar-refractivity contribution < 1.29 is 14.3 Å². The highest BCUT2D eigenvalue weighted by molar-refractivity contribution is 6.04. The van der Waals surface area contributed by atoms with Gasteiger partial charge >= 0.3 is 0 Å². The number of benzene rings is 1. The van der Waals surface area contributed by atoms with Gasteiger partial charge in [-0.2, -0.15) is 0 Å². The number of carbonyl (C=O) groups excluding carboxylic acids is 2. The highest BCUT2D eigenvalue weighted by Crippen LogP contribution is 2.46. The molecule has 10 heteroatoms. The average Bonchev–Trinajstić information content (AvgIpc) is 3.43. The number of hydrogen-bond donors (Lipinski definition) is 2. The van der Waals surface area contributed by atoms with Gasteiger partial charge in [0.25, 0.3) is 5.91 Å². The number of aromatic nitrogens is 4. The van der Waals surface area contributed by atoms with Gasteiger partial charge in [0.05, 0.1) is 19.3 Å². The van der Waals surface area contributed by atoms with Crippen molar-refractivity contribution in [3.05, 3.63) is 85.1 Å². The van der Waals surface area contributed by atoms with E-state index in [-0.39, 0.29) is 17.9 Å². The van der Waals surface area contributed by atoms with Crippen molar-refractivity contribution in [2.24, 2.45) is 0 Å². The number of anilines is 2. The van der Waals surface area contributed by atoms with E-state index in [1.54, 1.807) is 48.9 Å². The number of nitrogens with zero attached hydrogens (tertiary/aromatic N) is 5. The van der Waals surface area contributed by atoms with E-state index < -0.39 is 5.54 Å². The second kappa shape index (κ2) is 8.82. The van der Waals surface area contributed by atoms with Crippen LogP contribution in [0.25, 0.3) is 16.8 Å². The van der Waals surface area contributed by atoms with Crippen LogP contribution in [-0.2, 0) is 15.1 Å². The van der Waals surface area contributed by atoms with Crippen LogP contribution in [-0.4, -0.2) is 55.3 Å². The molecule has 2 saturated heterocycles. The summed E-state index contributed by atoms with van der Waals surface area (Å²) in [7, 11) is 0. The average molecular weight is 496 g/mol. The molecule has 4 aromatic rings. The maximum absolute atomic E-state index is 13.0. The van der Waals surface area contributed by atoms with Gasteiger partial charge in [-0.1, -0.05) is 24.8 Å². The van der Waals surface area contributed by atoms with Crippen LogP contribution >= 0.6 is 0 Å². The van der Waals surface area contributed by atoms with E-state index >= 15 is 0 Å². The summed E-state index contributed by atoms with van der Waals surface area (Å²) >= 11 is 0. The third-order valence-corrected chi connectivity index (χ3v) is 7.11. The lowest BCUT2D eigenvalue weighted by atomic mass is 9.95. The fourth-order valence-electron chi connectivity index (χ4n) is 5.44. The zero-order valence-corrected chi connectivity index (χ0v) is 20.0. The molecule has 0 radical (unpaired) electrons. The van der Waals surface area contributed by atoms with Crippen molar-refractivity contribution in [1.29, 1.82) is 0 Å². The minimum atomic E-state index is -0.744. The van der Waals surface area contributed by atoms with Gasteiger partial charge in [0.1, 0.15) is 34.2 Å². The number of imidazole rings is 1. The van der Waals surface area contributed by atoms with Crippen LogP contribution in [0.4, 0.5) is 11.6 Å². The van der Waals surface area contributed by atoms with E-state index in [4.69, 9.17) is 15.5 Å². The van der Waals surface area contributed by atoms with Crippen LogP contribution in [0.3, 0.4) is 0 Å². The zero-order chi connectivity index (χ0) is 25.6. The van der Waals surface area contributed by atoms with Crippen LogP contribution in [0.5, 0.6) is 0 Å². The molecule has 2 amide bonds. The first kappa shape index (κ1) is 22.9. The highest BCUT2D eigenvalue weighted by Gasteiger charge is 2.55. The summed E-state index contributed by atoms with van der Waals surface area (Å²) in [6.45, 7) is 4.53. The Morgan fingerprint density at radius 2 is 2.00 bits per heavy atom. The summed E-state index contributed by atoms with van der Waals surface area (Å²) in [6, 6.07) is 12.4. The van der Waals surface area contributed by atoms with Gasteiger partial charge in [-0.05, 0) is 43.2 Å². The smallest absolute Gasteiger partial charge is 0.256 e. The molecule has 3 aromatic heterocycles. The van der Waals surface area contributed by atoms with E-state index in [0.29, 0.717) is 53.9 Å². The van der Waals surface area contributed by atoms with E-state index in [1.165, 1.54) is 6.08 Å². The number of rotatable bonds is 5. The quantitative estimate of drug-likeness (QED) is 0.407. The summed E-state index contributed by atoms with van der Waals surface area (Å²) in [5.74, 6) is 1.05. The molecule has 186 valence electrons. The number of pyridine rings is 1. The van der Waals surface area contributed by atoms with E-state index in [2.05, 4.69) is 21.9 Å². The number of nitrogens with two attached hydrogens (primary N) is 1. The summed E-state index contributed by atoms with van der Waals surface area (Å²) < 4.78 is 7.85. The van der Waals surface area contributed by atoms with Crippen molar-refractivity contribution in [3.63, 3.8) is 0 Å². The molecule has 6 rings (SSSR count). The molecule has 37 heavy (non-hydrogen) atoms. The largest absolute Gasteiger partial charge is 0.382 e. The minimum absolute atomic E-state index is 0.0360. The Kier molecular flexibility index (Phi) is 5.45. The van der Waals surface area contributed by atoms with Crippen molar-refractivity contribution in [1.82, 2.24) is 24.3 Å². The van der Waals surface area contributed by atoms with Crippen molar-refractivity contribution in [3.8, 4) is 11.3 Å². The van der Waals surface area contributed by atoms with E-state index in [1.807, 2.05) is 21.4 Å². The van der Waals surface area contributed by atoms with Crippen molar-refractivity contribution >= 4 is 29.0 Å². The number of carbonyl (C=O) groups is 2. The molecule has 2 bridgehead atoms. The van der Waals surface area contributed by atoms with Gasteiger partial charge in [-0.25, -0.2) is 15.0 Å². The lowest BCUT2D eigenvalue weighted by Crippen LogP contribution is -2.56. The van der Waals surface area contributed by atoms with Gasteiger partial charge in [0.15, 0.2) is 0 Å². The lowest BCUT2D eigenvalue weighted by molar-refractivity contribution is -0.146. The summed E-state index contributed by atoms with van der Waals surface area (Å²) in [5.41, 5.74) is 8.10. The number of hydrogen-bond acceptors (Lipinski definition) is 7. The highest BCUT2D eigenvalue weighted by atomic mass is 16.5. The number of nitrogens with one attached hydrogen (secondary N) is 1. The molecule has 2 aliphatic rings. The first-order chi connectivity index (χ1) is 18.0. The molecule has 2 unspecified atom stereocenters. The molecular weight excluding hydrogens is 470 g/mol. The Labute approximate surface area is 212 Å². The molecule has 10 nitrogen and oxygen atoms in total. The van der Waals surface area contributed by atoms with Gasteiger partial charge < -0.3 is 20.7 Å². The van der Waals surface area contributed by atoms with Crippen LogP contribution in [0.2, 0.25) is 0 Å². The van der Waals surface area contributed by atoms with Crippen molar-refractivity contribution in [2.45, 2.75) is 24.4 Å². The molecular formula is C27H25N7O3. The van der Waals surface area contributed by atoms with Crippen LogP contribution in [0, 0.1) is 0 Å². The molecule has 0 spiro atoms. The molecule has 0 aliphatic carbocycles. The zero-order valence-electron chi connectivity index (χ0n) is 20.0. The third kappa shape index (κ3) is 3.64. The second-order valence-corrected chi connectivity index (χ2v) is 9.21. The number of morpholine rings is 1. The Hall–Kier alpha value is -4.57. The Balaban J connectivity index is 1.42. The van der Waals surface area contributed by atoms with Gasteiger partial charge in [-0.15, -0.1) is 0 Å². The maximum atomic E-state index is 13.0. The number of nitrogen functional groups attached to an aromatic ring is 1. The maximum Gasteiger partial charge on any atom is 0.256 e. The SMILES string of the molecule is C=CC(=O)N1C2CCC1(c1nc(-c3ccc(C(=O)Nc4ccccn4)cc3)c3c(N)nccn13)COC2. The second-order valence-electron chi connectivity index (χ2n) is 9.21. The monoisotopic (exact) mass is 495 g/mol. The first-order valence-electron chi connectivity index (χ1n) is 12.0. The summed E-state index contributed by atoms with van der Waals surface area (Å²) in [6.07, 6.45) is 7.91. The van der Waals surface area contributed by atoms with Crippen molar-refractivity contribution in [2.75, 3.05) is 24.3 Å². The molecule has 2 atom stereocenters. The predicted molar refractivity (Wildman–Crippen MR) is 138 cm³/mol. The van der Waals surface area contributed by atoms with Gasteiger partial charge in [0, 0.05) is 29.7 Å². The molecule has 3 N–H and O–H groups in total. The minimum Gasteiger partial charge on any atom is -0.382 e. The van der Waals surface area contributed by atoms with E-state index in [0.717, 1.165) is 12.0 Å². The number of amides is 2. The fraction of sp³-hybridized carbons (Fsp3) is 0.222. The van der Waals surface area contributed by atoms with Crippen LogP contribution in [0.15, 0.2) is 73.7 Å². The number of ether oxygens (including phenoxy) is 1. The van der Waals surface area contributed by atoms with Crippen LogP contribution in [0.1, 0.15) is 29.0 Å². The molecule has 2 fully saturated rings. The van der Waals surface area contributed by atoms with Gasteiger partial charge in [0.2, 0.25) is 5.91 Å². The standard InChI is InChI=1S/C27H25N7O3/c1-2-21(35)34-19-10-11-27(34,16-37-15-19)26-32-22(23-24(28)30-13-14-33(23)26)17-6-8-18(9-7-17)25(36)31-20-5-3-4-12-29-20/h2-9,12-14,19H,1,10-11,15-16H2,(H2,28,30)(H,29,31,36). The topological polar surface area (TPSA) is 128 Å². The Morgan fingerprint density at radius 3 is 2.76 bits per heavy atom. The van der Waals surface area contributed by atoms with Gasteiger partial charge in [-0.3, -0.25) is 14.0 Å². The fourth-order valence-corrected chi connectivity index (χ4v) is 5.44. The molecule has 1 aromatic carbocycles. The summed E-state index contributed by atoms with van der Waals surface area (Å²) in [5, 5.41) is 2.78. The molecule has 2 aliphatic heterocycles. The van der Waals surface area contributed by atoms with E-state index in [9.17, 15) is 9.59 Å².